The topological polar surface area (TPSA) is 53.4 Å². The van der Waals surface area contributed by atoms with Gasteiger partial charge < -0.3 is 9.47 Å². The lowest BCUT2D eigenvalue weighted by Gasteiger charge is -2.12. The first-order valence-corrected chi connectivity index (χ1v) is 7.64. The third-order valence-electron chi connectivity index (χ3n) is 3.67. The van der Waals surface area contributed by atoms with Crippen LogP contribution in [0.5, 0.6) is 5.75 Å². The fraction of sp³-hybridized carbons (Fsp3) is 0.158. The first-order chi connectivity index (χ1) is 11.7. The second-order valence-corrected chi connectivity index (χ2v) is 5.28. The van der Waals surface area contributed by atoms with Crippen molar-refractivity contribution in [2.24, 2.45) is 0 Å². The number of benzene rings is 2. The minimum absolute atomic E-state index is 0.157. The van der Waals surface area contributed by atoms with Crippen molar-refractivity contribution in [3.63, 3.8) is 0 Å². The monoisotopic (exact) mass is 322 g/mol. The maximum atomic E-state index is 12.5. The van der Waals surface area contributed by atoms with Crippen LogP contribution < -0.4 is 4.74 Å². The van der Waals surface area contributed by atoms with E-state index in [0.29, 0.717) is 5.75 Å². The Balaban J connectivity index is 1.83. The second-order valence-electron chi connectivity index (χ2n) is 5.28. The number of methoxy groups -OCH3 is 1. The molecule has 0 bridgehead atoms. The minimum Gasteiger partial charge on any atom is -0.493 e. The number of rotatable bonds is 5. The highest BCUT2D eigenvalue weighted by Gasteiger charge is 2.22. The Morgan fingerprint density at radius 3 is 2.29 bits per heavy atom. The van der Waals surface area contributed by atoms with Crippen LogP contribution in [0.4, 0.5) is 0 Å². The maximum Gasteiger partial charge on any atom is 0.363 e. The van der Waals surface area contributed by atoms with Crippen molar-refractivity contribution in [3.8, 4) is 11.4 Å². The highest BCUT2D eigenvalue weighted by Crippen LogP contribution is 2.23. The summed E-state index contributed by atoms with van der Waals surface area (Å²) in [6.07, 6.45) is 1.30. The van der Waals surface area contributed by atoms with Crippen LogP contribution in [-0.2, 0) is 4.74 Å². The van der Waals surface area contributed by atoms with Crippen LogP contribution in [0.1, 0.15) is 29.1 Å². The molecule has 0 radical (unpaired) electrons. The summed E-state index contributed by atoms with van der Waals surface area (Å²) in [5, 5.41) is 4.32. The molecule has 0 amide bonds. The van der Waals surface area contributed by atoms with E-state index in [1.165, 1.54) is 7.11 Å². The summed E-state index contributed by atoms with van der Waals surface area (Å²) in [6, 6.07) is 19.1. The summed E-state index contributed by atoms with van der Waals surface area (Å²) in [7, 11) is 1.50. The predicted molar refractivity (Wildman–Crippen MR) is 90.4 cm³/mol. The molecule has 2 aromatic carbocycles. The lowest BCUT2D eigenvalue weighted by atomic mass is 10.1. The van der Waals surface area contributed by atoms with Crippen molar-refractivity contribution >= 4 is 5.97 Å². The molecule has 24 heavy (non-hydrogen) atoms. The number of aromatic nitrogens is 2. The summed E-state index contributed by atoms with van der Waals surface area (Å²) in [6.45, 7) is 1.83. The summed E-state index contributed by atoms with van der Waals surface area (Å²) < 4.78 is 12.4. The molecule has 122 valence electrons. The van der Waals surface area contributed by atoms with Gasteiger partial charge in [-0.1, -0.05) is 48.5 Å². The normalized spacial score (nSPS) is 11.8. The first kappa shape index (κ1) is 15.8. The summed E-state index contributed by atoms with van der Waals surface area (Å²) >= 11 is 0. The Hall–Kier alpha value is -3.08. The Morgan fingerprint density at radius 1 is 1.04 bits per heavy atom. The number of nitrogens with zero attached hydrogens (tertiary/aromatic N) is 2. The predicted octanol–water partition coefficient (Wildman–Crippen LogP) is 3.80. The van der Waals surface area contributed by atoms with E-state index in [0.717, 1.165) is 11.3 Å². The molecular formula is C19H18N2O3. The molecule has 1 atom stereocenters. The van der Waals surface area contributed by atoms with E-state index in [1.807, 2.05) is 67.6 Å². The van der Waals surface area contributed by atoms with Gasteiger partial charge in [-0.3, -0.25) is 0 Å². The smallest absolute Gasteiger partial charge is 0.363 e. The van der Waals surface area contributed by atoms with Gasteiger partial charge >= 0.3 is 5.97 Å². The van der Waals surface area contributed by atoms with Crippen molar-refractivity contribution in [3.05, 3.63) is 78.1 Å². The molecule has 0 spiro atoms. The lowest BCUT2D eigenvalue weighted by Crippen LogP contribution is -2.11. The molecule has 0 aliphatic carbocycles. The zero-order valence-electron chi connectivity index (χ0n) is 13.5. The van der Waals surface area contributed by atoms with Crippen LogP contribution in [0.3, 0.4) is 0 Å². The van der Waals surface area contributed by atoms with Gasteiger partial charge in [-0.15, -0.1) is 0 Å². The van der Waals surface area contributed by atoms with Crippen LogP contribution in [0.15, 0.2) is 66.9 Å². The van der Waals surface area contributed by atoms with E-state index < -0.39 is 5.97 Å². The van der Waals surface area contributed by atoms with Crippen molar-refractivity contribution in [2.75, 3.05) is 7.11 Å². The first-order valence-electron chi connectivity index (χ1n) is 7.64. The van der Waals surface area contributed by atoms with Crippen molar-refractivity contribution < 1.29 is 14.3 Å². The largest absolute Gasteiger partial charge is 0.493 e. The average molecular weight is 322 g/mol. The Bertz CT molecular complexity index is 813. The molecule has 0 N–H and O–H groups in total. The van der Waals surface area contributed by atoms with Gasteiger partial charge in [0.2, 0.25) is 5.69 Å². The fourth-order valence-corrected chi connectivity index (χ4v) is 2.37. The molecule has 1 aromatic heterocycles. The molecule has 5 nitrogen and oxygen atoms in total. The Kier molecular flexibility index (Phi) is 4.61. The van der Waals surface area contributed by atoms with E-state index in [9.17, 15) is 4.79 Å². The molecule has 0 saturated carbocycles. The molecule has 0 saturated heterocycles. The molecule has 3 aromatic rings. The molecule has 0 unspecified atom stereocenters. The number of hydrogen-bond donors (Lipinski definition) is 0. The summed E-state index contributed by atoms with van der Waals surface area (Å²) in [4.78, 5) is 12.5. The maximum absolute atomic E-state index is 12.5. The van der Waals surface area contributed by atoms with E-state index in [-0.39, 0.29) is 11.8 Å². The standard InChI is InChI=1S/C19H18N2O3/c1-14(15-9-5-3-6-10-15)24-19(22)18-17(23-2)13-21(20-18)16-11-7-4-8-12-16/h3-14H,1-2H3/t14-/m0/s1. The highest BCUT2D eigenvalue weighted by molar-refractivity contribution is 5.90. The van der Waals surface area contributed by atoms with Crippen molar-refractivity contribution in [2.45, 2.75) is 13.0 Å². The second kappa shape index (κ2) is 7.00. The van der Waals surface area contributed by atoms with E-state index in [4.69, 9.17) is 9.47 Å². The van der Waals surface area contributed by atoms with E-state index >= 15 is 0 Å². The van der Waals surface area contributed by atoms with Crippen molar-refractivity contribution in [1.29, 1.82) is 0 Å². The van der Waals surface area contributed by atoms with Gasteiger partial charge in [0.25, 0.3) is 0 Å². The molecule has 5 heteroatoms. The van der Waals surface area contributed by atoms with Crippen molar-refractivity contribution in [1.82, 2.24) is 9.78 Å². The van der Waals surface area contributed by atoms with Crippen LogP contribution in [0, 0.1) is 0 Å². The van der Waals surface area contributed by atoms with Gasteiger partial charge in [-0.25, -0.2) is 9.48 Å². The van der Waals surface area contributed by atoms with Crippen LogP contribution >= 0.6 is 0 Å². The van der Waals surface area contributed by atoms with Gasteiger partial charge in [0.1, 0.15) is 6.10 Å². The quantitative estimate of drug-likeness (QED) is 0.671. The zero-order valence-corrected chi connectivity index (χ0v) is 13.5. The van der Waals surface area contributed by atoms with Gasteiger partial charge in [0, 0.05) is 0 Å². The average Bonchev–Trinajstić information content (AvgIpc) is 3.08. The number of ether oxygens (including phenoxy) is 2. The number of carbonyl (C=O) groups excluding carboxylic acids is 1. The highest BCUT2D eigenvalue weighted by atomic mass is 16.5. The van der Waals surface area contributed by atoms with Crippen LogP contribution in [0.25, 0.3) is 5.69 Å². The summed E-state index contributed by atoms with van der Waals surface area (Å²) in [5.74, 6) is -0.137. The summed E-state index contributed by atoms with van der Waals surface area (Å²) in [5.41, 5.74) is 1.92. The van der Waals surface area contributed by atoms with Gasteiger partial charge in [-0.05, 0) is 24.6 Å². The molecule has 0 fully saturated rings. The van der Waals surface area contributed by atoms with Gasteiger partial charge in [0.05, 0.1) is 19.0 Å². The fourth-order valence-electron chi connectivity index (χ4n) is 2.37. The SMILES string of the molecule is COc1cn(-c2ccccc2)nc1C(=O)O[C@@H](C)c1ccccc1. The zero-order chi connectivity index (χ0) is 16.9. The molecular weight excluding hydrogens is 304 g/mol. The minimum atomic E-state index is -0.516. The number of esters is 1. The molecule has 0 aliphatic rings. The van der Waals surface area contributed by atoms with Crippen LogP contribution in [-0.4, -0.2) is 22.9 Å². The molecule has 0 aliphatic heterocycles. The number of hydrogen-bond acceptors (Lipinski definition) is 4. The van der Waals surface area contributed by atoms with Gasteiger partial charge in [0.15, 0.2) is 5.75 Å². The molecule has 3 rings (SSSR count). The number of carbonyl (C=O) groups is 1. The van der Waals surface area contributed by atoms with Crippen LogP contribution in [0.2, 0.25) is 0 Å². The third-order valence-corrected chi connectivity index (χ3v) is 3.67. The lowest BCUT2D eigenvalue weighted by molar-refractivity contribution is 0.0327. The Morgan fingerprint density at radius 2 is 1.67 bits per heavy atom. The van der Waals surface area contributed by atoms with E-state index in [1.54, 1.807) is 10.9 Å². The van der Waals surface area contributed by atoms with Gasteiger partial charge in [-0.2, -0.15) is 5.10 Å². The Labute approximate surface area is 140 Å². The number of para-hydroxylation sites is 1. The molecule has 1 heterocycles. The van der Waals surface area contributed by atoms with E-state index in [2.05, 4.69) is 5.10 Å². The third kappa shape index (κ3) is 3.30.